The van der Waals surface area contributed by atoms with E-state index >= 15 is 0 Å². The van der Waals surface area contributed by atoms with Crippen molar-refractivity contribution in [3.05, 3.63) is 47.7 Å². The van der Waals surface area contributed by atoms with Gasteiger partial charge in [0.2, 0.25) is 5.82 Å². The second-order valence-electron chi connectivity index (χ2n) is 4.21. The van der Waals surface area contributed by atoms with Crippen LogP contribution >= 0.6 is 0 Å². The van der Waals surface area contributed by atoms with E-state index in [1.165, 1.54) is 6.07 Å². The molecule has 0 aliphatic heterocycles. The van der Waals surface area contributed by atoms with Gasteiger partial charge in [-0.2, -0.15) is 5.26 Å². The van der Waals surface area contributed by atoms with E-state index in [2.05, 4.69) is 15.0 Å². The molecule has 0 atom stereocenters. The van der Waals surface area contributed by atoms with Gasteiger partial charge in [-0.1, -0.05) is 0 Å². The van der Waals surface area contributed by atoms with Crippen molar-refractivity contribution in [1.29, 1.82) is 5.26 Å². The molecule has 92 valence electrons. The van der Waals surface area contributed by atoms with Crippen LogP contribution in [0.3, 0.4) is 0 Å². The maximum atomic E-state index is 13.3. The number of aromatic nitrogens is 3. The largest absolute Gasteiger partial charge is 0.346 e. The number of fused-ring (bicyclic) bond motifs is 1. The van der Waals surface area contributed by atoms with Crippen LogP contribution in [0, 0.1) is 24.1 Å². The van der Waals surface area contributed by atoms with Crippen molar-refractivity contribution in [3.63, 3.8) is 0 Å². The summed E-state index contributed by atoms with van der Waals surface area (Å²) in [6.45, 7) is 1.69. The highest BCUT2D eigenvalue weighted by Gasteiger charge is 2.11. The number of halogens is 1. The molecule has 2 aromatic heterocycles. The minimum atomic E-state index is -0.261. The van der Waals surface area contributed by atoms with Gasteiger partial charge in [-0.15, -0.1) is 0 Å². The molecule has 5 heteroatoms. The number of H-pyrrole nitrogens is 1. The molecule has 0 unspecified atom stereocenters. The van der Waals surface area contributed by atoms with Gasteiger partial charge in [-0.05, 0) is 36.8 Å². The second kappa shape index (κ2) is 4.18. The number of hydrogen-bond donors (Lipinski definition) is 1. The zero-order valence-corrected chi connectivity index (χ0v) is 10.1. The van der Waals surface area contributed by atoms with Crippen LogP contribution in [0.4, 0.5) is 4.39 Å². The maximum absolute atomic E-state index is 13.3. The zero-order valence-electron chi connectivity index (χ0n) is 10.1. The topological polar surface area (TPSA) is 65.4 Å². The Morgan fingerprint density at radius 1 is 1.26 bits per heavy atom. The number of rotatable bonds is 1. The van der Waals surface area contributed by atoms with Crippen molar-refractivity contribution in [3.8, 4) is 17.3 Å². The van der Waals surface area contributed by atoms with Gasteiger partial charge in [-0.25, -0.2) is 14.4 Å². The molecule has 4 nitrogen and oxygen atoms in total. The number of nitriles is 1. The fraction of sp³-hybridized carbons (Fsp3) is 0.0714. The van der Waals surface area contributed by atoms with Gasteiger partial charge in [0.25, 0.3) is 0 Å². The number of nitrogens with one attached hydrogen (secondary N) is 1. The average Bonchev–Trinajstić information content (AvgIpc) is 2.89. The van der Waals surface area contributed by atoms with Gasteiger partial charge in [0.15, 0.2) is 0 Å². The number of aromatic amines is 1. The van der Waals surface area contributed by atoms with Crippen LogP contribution in [-0.4, -0.2) is 15.0 Å². The van der Waals surface area contributed by atoms with Crippen LogP contribution in [0.1, 0.15) is 11.4 Å². The summed E-state index contributed by atoms with van der Waals surface area (Å²) >= 11 is 0. The van der Waals surface area contributed by atoms with Crippen LogP contribution < -0.4 is 0 Å². The molecule has 0 fully saturated rings. The van der Waals surface area contributed by atoms with E-state index < -0.39 is 0 Å². The molecule has 0 bridgehead atoms. The summed E-state index contributed by atoms with van der Waals surface area (Å²) in [6.07, 6.45) is 1.74. The zero-order chi connectivity index (χ0) is 13.4. The van der Waals surface area contributed by atoms with Gasteiger partial charge in [0, 0.05) is 17.1 Å². The molecule has 0 aliphatic carbocycles. The Hall–Kier alpha value is -2.74. The first-order valence-corrected chi connectivity index (χ1v) is 5.71. The summed E-state index contributed by atoms with van der Waals surface area (Å²) in [4.78, 5) is 11.3. The third-order valence-electron chi connectivity index (χ3n) is 2.95. The monoisotopic (exact) mass is 252 g/mol. The van der Waals surface area contributed by atoms with Crippen molar-refractivity contribution < 1.29 is 4.39 Å². The second-order valence-corrected chi connectivity index (χ2v) is 4.21. The van der Waals surface area contributed by atoms with Crippen LogP contribution in [0.2, 0.25) is 0 Å². The molecule has 3 rings (SSSR count). The van der Waals surface area contributed by atoms with E-state index in [1.54, 1.807) is 25.3 Å². The first-order valence-electron chi connectivity index (χ1n) is 5.71. The van der Waals surface area contributed by atoms with Gasteiger partial charge < -0.3 is 4.98 Å². The summed E-state index contributed by atoms with van der Waals surface area (Å²) in [6, 6.07) is 8.53. The lowest BCUT2D eigenvalue weighted by atomic mass is 10.1. The van der Waals surface area contributed by atoms with E-state index in [9.17, 15) is 4.39 Å². The fourth-order valence-corrected chi connectivity index (χ4v) is 2.00. The van der Waals surface area contributed by atoms with Gasteiger partial charge in [0.05, 0.1) is 5.69 Å². The SMILES string of the molecule is Cc1cc(-c2nc(C#N)nc3[nH]ccc23)ccc1F. The summed E-state index contributed by atoms with van der Waals surface area (Å²) in [7, 11) is 0. The van der Waals surface area contributed by atoms with Crippen LogP contribution in [0.5, 0.6) is 0 Å². The quantitative estimate of drug-likeness (QED) is 0.724. The van der Waals surface area contributed by atoms with Crippen molar-refractivity contribution >= 4 is 11.0 Å². The van der Waals surface area contributed by atoms with Gasteiger partial charge in [0.1, 0.15) is 17.5 Å². The smallest absolute Gasteiger partial charge is 0.234 e. The first-order chi connectivity index (χ1) is 9.19. The van der Waals surface area contributed by atoms with Gasteiger partial charge >= 0.3 is 0 Å². The summed E-state index contributed by atoms with van der Waals surface area (Å²) in [5, 5.41) is 9.77. The predicted octanol–water partition coefficient (Wildman–Crippen LogP) is 2.94. The molecular formula is C14H9FN4. The molecule has 0 aliphatic rings. The van der Waals surface area contributed by atoms with E-state index in [0.717, 1.165) is 10.9 Å². The predicted molar refractivity (Wildman–Crippen MR) is 68.7 cm³/mol. The summed E-state index contributed by atoms with van der Waals surface area (Å²) < 4.78 is 13.3. The highest BCUT2D eigenvalue weighted by atomic mass is 19.1. The molecule has 2 heterocycles. The van der Waals surface area contributed by atoms with E-state index in [0.29, 0.717) is 16.9 Å². The Morgan fingerprint density at radius 2 is 2.11 bits per heavy atom. The summed E-state index contributed by atoms with van der Waals surface area (Å²) in [5.41, 5.74) is 2.54. The van der Waals surface area contributed by atoms with Crippen molar-refractivity contribution in [2.45, 2.75) is 6.92 Å². The molecule has 0 amide bonds. The molecule has 0 saturated carbocycles. The minimum Gasteiger partial charge on any atom is -0.346 e. The standard InChI is InChI=1S/C14H9FN4/c1-8-6-9(2-3-11(8)15)13-10-4-5-17-14(10)19-12(7-16)18-13/h2-6H,1H3,(H,17,18,19). The molecule has 0 spiro atoms. The number of hydrogen-bond acceptors (Lipinski definition) is 3. The lowest BCUT2D eigenvalue weighted by molar-refractivity contribution is 0.619. The maximum Gasteiger partial charge on any atom is 0.234 e. The molecule has 1 N–H and O–H groups in total. The van der Waals surface area contributed by atoms with Crippen LogP contribution in [0.15, 0.2) is 30.5 Å². The van der Waals surface area contributed by atoms with Crippen molar-refractivity contribution in [2.24, 2.45) is 0 Å². The Kier molecular flexibility index (Phi) is 2.50. The van der Waals surface area contributed by atoms with E-state index in [-0.39, 0.29) is 11.6 Å². The third-order valence-corrected chi connectivity index (χ3v) is 2.95. The van der Waals surface area contributed by atoms with Crippen molar-refractivity contribution in [2.75, 3.05) is 0 Å². The van der Waals surface area contributed by atoms with Crippen molar-refractivity contribution in [1.82, 2.24) is 15.0 Å². The lowest BCUT2D eigenvalue weighted by Crippen LogP contribution is -1.94. The number of aryl methyl sites for hydroxylation is 1. The Labute approximate surface area is 108 Å². The molecular weight excluding hydrogens is 243 g/mol. The highest BCUT2D eigenvalue weighted by molar-refractivity contribution is 5.90. The van der Waals surface area contributed by atoms with Crippen LogP contribution in [-0.2, 0) is 0 Å². The Balaban J connectivity index is 2.31. The average molecular weight is 252 g/mol. The Morgan fingerprint density at radius 3 is 2.84 bits per heavy atom. The first kappa shape index (κ1) is 11.4. The van der Waals surface area contributed by atoms with Crippen LogP contribution in [0.25, 0.3) is 22.3 Å². The minimum absolute atomic E-state index is 0.0897. The normalized spacial score (nSPS) is 10.6. The fourth-order valence-electron chi connectivity index (χ4n) is 2.00. The summed E-state index contributed by atoms with van der Waals surface area (Å²) in [5.74, 6) is -0.171. The highest BCUT2D eigenvalue weighted by Crippen LogP contribution is 2.26. The third kappa shape index (κ3) is 1.83. The van der Waals surface area contributed by atoms with Gasteiger partial charge in [-0.3, -0.25) is 0 Å². The van der Waals surface area contributed by atoms with E-state index in [1.807, 2.05) is 12.1 Å². The van der Waals surface area contributed by atoms with E-state index in [4.69, 9.17) is 5.26 Å². The lowest BCUT2D eigenvalue weighted by Gasteiger charge is -2.05. The molecule has 0 saturated heterocycles. The molecule has 0 radical (unpaired) electrons. The Bertz CT molecular complexity index is 814. The molecule has 19 heavy (non-hydrogen) atoms. The number of benzene rings is 1. The molecule has 3 aromatic rings. The number of nitrogens with zero attached hydrogens (tertiary/aromatic N) is 3. The molecule has 1 aromatic carbocycles.